The molecule has 0 aliphatic rings. The third kappa shape index (κ3) is 0.639. The highest BCUT2D eigenvalue weighted by molar-refractivity contribution is 9.10. The fourth-order valence-corrected chi connectivity index (χ4v) is 1.28. The van der Waals surface area contributed by atoms with Gasteiger partial charge in [0.2, 0.25) is 0 Å². The van der Waals surface area contributed by atoms with Gasteiger partial charge in [-0.25, -0.2) is 0 Å². The van der Waals surface area contributed by atoms with E-state index in [2.05, 4.69) is 15.9 Å². The first-order valence-electron chi connectivity index (χ1n) is 2.91. The molecule has 0 spiro atoms. The third-order valence-electron chi connectivity index (χ3n) is 1.51. The van der Waals surface area contributed by atoms with Gasteiger partial charge in [0.15, 0.2) is 4.67 Å². The molecule has 0 aliphatic heterocycles. The number of hydrogen-bond donors (Lipinski definition) is 0. The van der Waals surface area contributed by atoms with Crippen LogP contribution in [0, 0.1) is 6.92 Å². The molecule has 0 radical (unpaired) electrons. The van der Waals surface area contributed by atoms with Gasteiger partial charge >= 0.3 is 0 Å². The van der Waals surface area contributed by atoms with E-state index in [4.69, 9.17) is 8.83 Å². The van der Waals surface area contributed by atoms with Crippen LogP contribution in [0.2, 0.25) is 0 Å². The zero-order chi connectivity index (χ0) is 7.14. The van der Waals surface area contributed by atoms with E-state index in [1.807, 2.05) is 13.0 Å². The first kappa shape index (κ1) is 6.04. The van der Waals surface area contributed by atoms with Crippen molar-refractivity contribution in [3.05, 3.63) is 22.6 Å². The molecule has 0 saturated heterocycles. The van der Waals surface area contributed by atoms with Crippen LogP contribution in [0.3, 0.4) is 0 Å². The fourth-order valence-electron chi connectivity index (χ4n) is 0.916. The zero-order valence-electron chi connectivity index (χ0n) is 5.35. The molecule has 0 N–H and O–H groups in total. The number of aryl methyl sites for hydroxylation is 1. The largest absolute Gasteiger partial charge is 0.433 e. The van der Waals surface area contributed by atoms with Crippen molar-refractivity contribution < 1.29 is 8.83 Å². The van der Waals surface area contributed by atoms with Gasteiger partial charge in [-0.05, 0) is 28.9 Å². The number of furan rings is 2. The Kier molecular flexibility index (Phi) is 1.14. The summed E-state index contributed by atoms with van der Waals surface area (Å²) in [6.45, 7) is 1.98. The molecule has 2 aromatic rings. The van der Waals surface area contributed by atoms with E-state index in [9.17, 15) is 0 Å². The van der Waals surface area contributed by atoms with Gasteiger partial charge in [-0.1, -0.05) is 0 Å². The lowest BCUT2D eigenvalue weighted by molar-refractivity contribution is 0.463. The molecule has 2 rings (SSSR count). The molecule has 0 saturated carbocycles. The normalized spacial score (nSPS) is 11.0. The molecule has 3 heteroatoms. The van der Waals surface area contributed by atoms with Crippen molar-refractivity contribution >= 4 is 27.1 Å². The van der Waals surface area contributed by atoms with E-state index >= 15 is 0 Å². The molecule has 2 nitrogen and oxygen atoms in total. The molecule has 0 aromatic carbocycles. The van der Waals surface area contributed by atoms with Gasteiger partial charge < -0.3 is 8.83 Å². The Morgan fingerprint density at radius 1 is 1.50 bits per heavy atom. The molecule has 0 fully saturated rings. The summed E-state index contributed by atoms with van der Waals surface area (Å²) in [7, 11) is 0. The molecule has 52 valence electrons. The van der Waals surface area contributed by atoms with Crippen LogP contribution >= 0.6 is 15.9 Å². The van der Waals surface area contributed by atoms with E-state index in [-0.39, 0.29) is 0 Å². The Hall–Kier alpha value is -0.700. The van der Waals surface area contributed by atoms with Crippen molar-refractivity contribution in [3.8, 4) is 0 Å². The first-order valence-corrected chi connectivity index (χ1v) is 3.70. The Bertz CT molecular complexity index is 358. The quantitative estimate of drug-likeness (QED) is 0.654. The summed E-state index contributed by atoms with van der Waals surface area (Å²) in [6.07, 6.45) is 1.62. The summed E-state index contributed by atoms with van der Waals surface area (Å²) < 4.78 is 11.0. The van der Waals surface area contributed by atoms with Gasteiger partial charge in [-0.15, -0.1) is 0 Å². The van der Waals surface area contributed by atoms with E-state index in [1.54, 1.807) is 6.26 Å². The summed E-state index contributed by atoms with van der Waals surface area (Å²) >= 11 is 3.26. The van der Waals surface area contributed by atoms with Crippen molar-refractivity contribution in [2.45, 2.75) is 6.92 Å². The Morgan fingerprint density at radius 3 is 3.00 bits per heavy atom. The molecule has 2 heterocycles. The van der Waals surface area contributed by atoms with Crippen LogP contribution in [0.25, 0.3) is 11.2 Å². The predicted molar refractivity (Wildman–Crippen MR) is 40.9 cm³/mol. The lowest BCUT2D eigenvalue weighted by Crippen LogP contribution is -1.61. The van der Waals surface area contributed by atoms with Crippen LogP contribution in [-0.4, -0.2) is 0 Å². The van der Waals surface area contributed by atoms with Gasteiger partial charge in [0.25, 0.3) is 5.78 Å². The zero-order valence-corrected chi connectivity index (χ0v) is 6.94. The lowest BCUT2D eigenvalue weighted by Gasteiger charge is -1.79. The van der Waals surface area contributed by atoms with Gasteiger partial charge in [0.05, 0.1) is 11.6 Å². The topological polar surface area (TPSA) is 26.3 Å². The highest BCUT2D eigenvalue weighted by atomic mass is 79.9. The second-order valence-corrected chi connectivity index (χ2v) is 2.84. The standard InChI is InChI=1S/C7H5BrO2/c1-4-5-2-3-9-7(5)10-6(4)8/h2-3H,1H3. The Morgan fingerprint density at radius 2 is 2.30 bits per heavy atom. The van der Waals surface area contributed by atoms with Gasteiger partial charge in [0, 0.05) is 5.56 Å². The van der Waals surface area contributed by atoms with E-state index in [0.29, 0.717) is 5.78 Å². The van der Waals surface area contributed by atoms with Crippen molar-refractivity contribution in [2.24, 2.45) is 0 Å². The molecular weight excluding hydrogens is 196 g/mol. The molecule has 0 unspecified atom stereocenters. The summed E-state index contributed by atoms with van der Waals surface area (Å²) in [5, 5.41) is 1.03. The monoisotopic (exact) mass is 200 g/mol. The van der Waals surface area contributed by atoms with Crippen LogP contribution in [-0.2, 0) is 0 Å². The second kappa shape index (κ2) is 1.89. The molecule has 0 atom stereocenters. The van der Waals surface area contributed by atoms with Gasteiger partial charge in [-0.2, -0.15) is 0 Å². The summed E-state index contributed by atoms with van der Waals surface area (Å²) in [6, 6.07) is 1.89. The lowest BCUT2D eigenvalue weighted by atomic mass is 10.3. The van der Waals surface area contributed by atoms with Crippen LogP contribution < -0.4 is 0 Å². The maximum Gasteiger partial charge on any atom is 0.298 e. The minimum atomic E-state index is 0.587. The second-order valence-electron chi connectivity index (χ2n) is 2.12. The van der Waals surface area contributed by atoms with E-state index < -0.39 is 0 Å². The smallest absolute Gasteiger partial charge is 0.298 e. The highest BCUT2D eigenvalue weighted by Crippen LogP contribution is 2.29. The van der Waals surface area contributed by atoms with Gasteiger partial charge in [-0.3, -0.25) is 0 Å². The number of rotatable bonds is 0. The SMILES string of the molecule is Cc1c(Br)oc2occc12. The van der Waals surface area contributed by atoms with Crippen molar-refractivity contribution in [1.29, 1.82) is 0 Å². The fraction of sp³-hybridized carbons (Fsp3) is 0.143. The summed E-state index contributed by atoms with van der Waals surface area (Å²) in [5.74, 6) is 0.587. The maximum atomic E-state index is 5.19. The average molecular weight is 201 g/mol. The highest BCUT2D eigenvalue weighted by Gasteiger charge is 2.08. The molecule has 0 bridgehead atoms. The van der Waals surface area contributed by atoms with Crippen molar-refractivity contribution in [3.63, 3.8) is 0 Å². The van der Waals surface area contributed by atoms with Crippen molar-refractivity contribution in [2.75, 3.05) is 0 Å². The Labute approximate surface area is 65.9 Å². The average Bonchev–Trinajstić information content (AvgIpc) is 2.41. The minimum absolute atomic E-state index is 0.587. The molecule has 10 heavy (non-hydrogen) atoms. The maximum absolute atomic E-state index is 5.19. The number of hydrogen-bond acceptors (Lipinski definition) is 2. The first-order chi connectivity index (χ1) is 4.79. The molecule has 0 aliphatic carbocycles. The number of halogens is 1. The van der Waals surface area contributed by atoms with Crippen molar-refractivity contribution in [1.82, 2.24) is 0 Å². The van der Waals surface area contributed by atoms with Crippen LogP contribution in [0.5, 0.6) is 0 Å². The summed E-state index contributed by atoms with van der Waals surface area (Å²) in [5.41, 5.74) is 1.09. The molecule has 0 amide bonds. The van der Waals surface area contributed by atoms with Crippen LogP contribution in [0.15, 0.2) is 25.8 Å². The van der Waals surface area contributed by atoms with Crippen LogP contribution in [0.1, 0.15) is 5.56 Å². The van der Waals surface area contributed by atoms with Crippen LogP contribution in [0.4, 0.5) is 0 Å². The third-order valence-corrected chi connectivity index (χ3v) is 2.27. The summed E-state index contributed by atoms with van der Waals surface area (Å²) in [4.78, 5) is 0. The number of fused-ring (bicyclic) bond motifs is 1. The molecular formula is C7H5BrO2. The predicted octanol–water partition coefficient (Wildman–Crippen LogP) is 3.10. The minimum Gasteiger partial charge on any atom is -0.433 e. The van der Waals surface area contributed by atoms with E-state index in [0.717, 1.165) is 15.6 Å². The Balaban J connectivity index is 2.95. The van der Waals surface area contributed by atoms with Gasteiger partial charge in [0.1, 0.15) is 0 Å². The van der Waals surface area contributed by atoms with E-state index in [1.165, 1.54) is 0 Å². The molecule has 2 aromatic heterocycles.